The van der Waals surface area contributed by atoms with Crippen LogP contribution in [0.3, 0.4) is 0 Å². The lowest BCUT2D eigenvalue weighted by molar-refractivity contribution is -0.124. The minimum Gasteiger partial charge on any atom is -0.396 e. The van der Waals surface area contributed by atoms with Crippen molar-refractivity contribution in [1.29, 1.82) is 0 Å². The highest BCUT2D eigenvalue weighted by molar-refractivity contribution is 5.78. The molecule has 0 aromatic carbocycles. The Bertz CT molecular complexity index is 304. The van der Waals surface area contributed by atoms with Gasteiger partial charge in [0.25, 0.3) is 0 Å². The van der Waals surface area contributed by atoms with Crippen molar-refractivity contribution in [3.05, 3.63) is 0 Å². The van der Waals surface area contributed by atoms with Gasteiger partial charge in [0.15, 0.2) is 0 Å². The van der Waals surface area contributed by atoms with Gasteiger partial charge in [-0.15, -0.1) is 0 Å². The molecule has 0 saturated heterocycles. The summed E-state index contributed by atoms with van der Waals surface area (Å²) in [4.78, 5) is 14.3. The second-order valence-electron chi connectivity index (χ2n) is 6.12. The predicted octanol–water partition coefficient (Wildman–Crippen LogP) is 1.14. The second kappa shape index (κ2) is 5.57. The fourth-order valence-corrected chi connectivity index (χ4v) is 3.03. The van der Waals surface area contributed by atoms with Crippen LogP contribution in [0.2, 0.25) is 0 Å². The van der Waals surface area contributed by atoms with E-state index < -0.39 is 0 Å². The van der Waals surface area contributed by atoms with Crippen molar-refractivity contribution in [3.63, 3.8) is 0 Å². The molecule has 0 aromatic heterocycles. The number of amides is 1. The first kappa shape index (κ1) is 13.8. The van der Waals surface area contributed by atoms with Gasteiger partial charge in [-0.2, -0.15) is 0 Å². The van der Waals surface area contributed by atoms with E-state index in [4.69, 9.17) is 0 Å². The number of nitrogens with one attached hydrogen (secondary N) is 1. The highest BCUT2D eigenvalue weighted by Gasteiger charge is 2.39. The van der Waals surface area contributed by atoms with Gasteiger partial charge >= 0.3 is 0 Å². The van der Waals surface area contributed by atoms with Crippen LogP contribution in [0.5, 0.6) is 0 Å². The van der Waals surface area contributed by atoms with E-state index in [1.807, 2.05) is 0 Å². The van der Waals surface area contributed by atoms with Gasteiger partial charge in [-0.1, -0.05) is 20.3 Å². The minimum absolute atomic E-state index is 0.119. The summed E-state index contributed by atoms with van der Waals surface area (Å²) in [5.74, 6) is 0.121. The van der Waals surface area contributed by atoms with E-state index in [0.717, 1.165) is 25.8 Å². The first-order valence-electron chi connectivity index (χ1n) is 7.23. The van der Waals surface area contributed by atoms with Crippen molar-refractivity contribution in [3.8, 4) is 0 Å². The fourth-order valence-electron chi connectivity index (χ4n) is 3.03. The van der Waals surface area contributed by atoms with Crippen LogP contribution in [-0.2, 0) is 4.79 Å². The van der Waals surface area contributed by atoms with E-state index in [2.05, 4.69) is 24.1 Å². The number of hydrogen-bond acceptors (Lipinski definition) is 3. The molecule has 0 heterocycles. The standard InChI is InChI=1S/C14H26N2O2/c1-3-16(11-6-7-11)9-13(18)15-12-5-4-8-14(12,2)10-17/h11-12,17H,3-10H2,1-2H3,(H,15,18). The van der Waals surface area contributed by atoms with Crippen LogP contribution >= 0.6 is 0 Å². The van der Waals surface area contributed by atoms with Crippen LogP contribution in [-0.4, -0.2) is 47.7 Å². The summed E-state index contributed by atoms with van der Waals surface area (Å²) in [6.07, 6.45) is 5.58. The van der Waals surface area contributed by atoms with Gasteiger partial charge in [0.1, 0.15) is 0 Å². The summed E-state index contributed by atoms with van der Waals surface area (Å²) in [6, 6.07) is 0.779. The molecule has 2 N–H and O–H groups in total. The molecule has 0 spiro atoms. The molecule has 4 nitrogen and oxygen atoms in total. The Labute approximate surface area is 110 Å². The van der Waals surface area contributed by atoms with Gasteiger partial charge in [-0.3, -0.25) is 9.69 Å². The lowest BCUT2D eigenvalue weighted by Gasteiger charge is -2.31. The number of hydrogen-bond donors (Lipinski definition) is 2. The van der Waals surface area contributed by atoms with Crippen molar-refractivity contribution in [2.45, 2.75) is 58.0 Å². The van der Waals surface area contributed by atoms with E-state index in [1.165, 1.54) is 12.8 Å². The molecule has 0 aromatic rings. The third-order valence-electron chi connectivity index (χ3n) is 4.59. The molecule has 0 bridgehead atoms. The van der Waals surface area contributed by atoms with E-state index in [-0.39, 0.29) is 24.0 Å². The molecular formula is C14H26N2O2. The number of aliphatic hydroxyl groups excluding tert-OH is 1. The quantitative estimate of drug-likeness (QED) is 0.747. The summed E-state index contributed by atoms with van der Waals surface area (Å²) in [6.45, 7) is 5.81. The molecular weight excluding hydrogens is 228 g/mol. The van der Waals surface area contributed by atoms with Gasteiger partial charge in [-0.05, 0) is 32.2 Å². The average Bonchev–Trinajstić information content (AvgIpc) is 3.13. The molecule has 2 fully saturated rings. The molecule has 18 heavy (non-hydrogen) atoms. The number of aliphatic hydroxyl groups is 1. The SMILES string of the molecule is CCN(CC(=O)NC1CCCC1(C)CO)C1CC1. The zero-order valence-corrected chi connectivity index (χ0v) is 11.6. The topological polar surface area (TPSA) is 52.6 Å². The van der Waals surface area contributed by atoms with Crippen LogP contribution in [0.15, 0.2) is 0 Å². The molecule has 4 heteroatoms. The van der Waals surface area contributed by atoms with Gasteiger partial charge in [0.2, 0.25) is 5.91 Å². The maximum Gasteiger partial charge on any atom is 0.234 e. The molecule has 1 amide bonds. The maximum atomic E-state index is 12.1. The zero-order chi connectivity index (χ0) is 13.2. The predicted molar refractivity (Wildman–Crippen MR) is 71.2 cm³/mol. The third-order valence-corrected chi connectivity index (χ3v) is 4.59. The molecule has 0 radical (unpaired) electrons. The van der Waals surface area contributed by atoms with E-state index in [0.29, 0.717) is 12.6 Å². The summed E-state index contributed by atoms with van der Waals surface area (Å²) < 4.78 is 0. The van der Waals surface area contributed by atoms with E-state index in [9.17, 15) is 9.90 Å². The van der Waals surface area contributed by atoms with Gasteiger partial charge in [0, 0.05) is 17.5 Å². The van der Waals surface area contributed by atoms with Crippen molar-refractivity contribution in [2.24, 2.45) is 5.41 Å². The number of carbonyl (C=O) groups is 1. The summed E-state index contributed by atoms with van der Waals surface area (Å²) in [5, 5.41) is 12.6. The van der Waals surface area contributed by atoms with Crippen LogP contribution in [0, 0.1) is 5.41 Å². The summed E-state index contributed by atoms with van der Waals surface area (Å²) in [5.41, 5.74) is -0.119. The molecule has 2 unspecified atom stereocenters. The van der Waals surface area contributed by atoms with Crippen LogP contribution in [0.4, 0.5) is 0 Å². The lowest BCUT2D eigenvalue weighted by Crippen LogP contribution is -2.48. The van der Waals surface area contributed by atoms with E-state index >= 15 is 0 Å². The normalized spacial score (nSPS) is 31.9. The van der Waals surface area contributed by atoms with Crippen LogP contribution < -0.4 is 5.32 Å². The Balaban J connectivity index is 1.83. The molecule has 104 valence electrons. The van der Waals surface area contributed by atoms with Gasteiger partial charge in [-0.25, -0.2) is 0 Å². The Kier molecular flexibility index (Phi) is 4.28. The number of rotatable bonds is 6. The largest absolute Gasteiger partial charge is 0.396 e. The first-order valence-corrected chi connectivity index (χ1v) is 7.23. The molecule has 2 rings (SSSR count). The number of nitrogens with zero attached hydrogens (tertiary/aromatic N) is 1. The zero-order valence-electron chi connectivity index (χ0n) is 11.6. The van der Waals surface area contributed by atoms with E-state index in [1.54, 1.807) is 0 Å². The first-order chi connectivity index (χ1) is 8.59. The van der Waals surface area contributed by atoms with Crippen LogP contribution in [0.25, 0.3) is 0 Å². The smallest absolute Gasteiger partial charge is 0.234 e. The van der Waals surface area contributed by atoms with Crippen molar-refractivity contribution in [2.75, 3.05) is 19.7 Å². The fraction of sp³-hybridized carbons (Fsp3) is 0.929. The monoisotopic (exact) mass is 254 g/mol. The lowest BCUT2D eigenvalue weighted by atomic mass is 9.86. The minimum atomic E-state index is -0.119. The van der Waals surface area contributed by atoms with Crippen LogP contribution in [0.1, 0.15) is 46.0 Å². The molecule has 2 aliphatic rings. The Morgan fingerprint density at radius 2 is 2.17 bits per heavy atom. The highest BCUT2D eigenvalue weighted by atomic mass is 16.3. The molecule has 0 aliphatic heterocycles. The Hall–Kier alpha value is -0.610. The highest BCUT2D eigenvalue weighted by Crippen LogP contribution is 2.37. The number of likely N-dealkylation sites (N-methyl/N-ethyl adjacent to an activating group) is 1. The second-order valence-corrected chi connectivity index (χ2v) is 6.12. The molecule has 2 aliphatic carbocycles. The summed E-state index contributed by atoms with van der Waals surface area (Å²) >= 11 is 0. The van der Waals surface area contributed by atoms with Gasteiger partial charge in [0.05, 0.1) is 13.2 Å². The molecule has 2 saturated carbocycles. The number of carbonyl (C=O) groups excluding carboxylic acids is 1. The third kappa shape index (κ3) is 3.04. The van der Waals surface area contributed by atoms with Crippen molar-refractivity contribution >= 4 is 5.91 Å². The van der Waals surface area contributed by atoms with Crippen molar-refractivity contribution in [1.82, 2.24) is 10.2 Å². The average molecular weight is 254 g/mol. The Morgan fingerprint density at radius 1 is 1.44 bits per heavy atom. The van der Waals surface area contributed by atoms with Crippen molar-refractivity contribution < 1.29 is 9.90 Å². The Morgan fingerprint density at radius 3 is 2.72 bits per heavy atom. The molecule has 2 atom stereocenters. The summed E-state index contributed by atoms with van der Waals surface area (Å²) in [7, 11) is 0. The maximum absolute atomic E-state index is 12.1. The van der Waals surface area contributed by atoms with Gasteiger partial charge < -0.3 is 10.4 Å².